The number of thiophene rings is 2. The van der Waals surface area contributed by atoms with Crippen LogP contribution >= 0.6 is 22.7 Å². The smallest absolute Gasteiger partial charge is 0.152 e. The Morgan fingerprint density at radius 1 is 0.227 bits per heavy atom. The van der Waals surface area contributed by atoms with E-state index < -0.39 is 0 Å². The summed E-state index contributed by atoms with van der Waals surface area (Å²) < 4.78 is 31.8. The van der Waals surface area contributed by atoms with Crippen LogP contribution in [-0.2, 0) is 5.41 Å². The van der Waals surface area contributed by atoms with Gasteiger partial charge in [0.05, 0.1) is 45.5 Å². The lowest BCUT2D eigenvalue weighted by Gasteiger charge is -2.34. The van der Waals surface area contributed by atoms with Crippen LogP contribution in [0.3, 0.4) is 0 Å². The fourth-order valence-electron chi connectivity index (χ4n) is 18.4. The molecule has 6 heterocycles. The molecule has 18 aromatic carbocycles. The number of fused-ring (bicyclic) bond motifs is 18. The summed E-state index contributed by atoms with van der Waals surface area (Å²) in [7, 11) is 0. The first-order chi connectivity index (χ1) is 58.5. The molecule has 0 spiro atoms. The molecule has 10 heteroatoms. The minimum Gasteiger partial charge on any atom is -0.453 e. The number of hydrogen-bond donors (Lipinski definition) is 0. The fourth-order valence-corrected chi connectivity index (χ4v) is 21.2. The van der Waals surface area contributed by atoms with E-state index in [0.717, 1.165) is 136 Å². The molecule has 0 aliphatic carbocycles. The fraction of sp³-hybridized carbons (Fsp3) is 0.0459. The third-order valence-corrected chi connectivity index (χ3v) is 26.7. The van der Waals surface area contributed by atoms with Crippen LogP contribution in [0, 0.1) is 6.92 Å². The van der Waals surface area contributed by atoms with Gasteiger partial charge in [0.2, 0.25) is 0 Å². The van der Waals surface area contributed by atoms with Crippen LogP contribution in [0.15, 0.2) is 364 Å². The first-order valence-electron chi connectivity index (χ1n) is 40.5. The van der Waals surface area contributed by atoms with Crippen LogP contribution in [0.1, 0.15) is 31.9 Å². The van der Waals surface area contributed by atoms with Crippen molar-refractivity contribution in [3.05, 3.63) is 375 Å². The van der Waals surface area contributed by atoms with Gasteiger partial charge in [-0.1, -0.05) is 203 Å². The number of ether oxygens (including phenoxy) is 4. The van der Waals surface area contributed by atoms with E-state index in [0.29, 0.717) is 0 Å². The maximum Gasteiger partial charge on any atom is 0.152 e. The minimum absolute atomic E-state index is 0.111. The molecule has 0 saturated carbocycles. The van der Waals surface area contributed by atoms with E-state index in [9.17, 15) is 0 Å². The molecule has 24 rings (SSSR count). The van der Waals surface area contributed by atoms with Crippen molar-refractivity contribution in [2.24, 2.45) is 0 Å². The molecule has 0 saturated heterocycles. The highest BCUT2D eigenvalue weighted by Gasteiger charge is 2.33. The Hall–Kier alpha value is -14.7. The Morgan fingerprint density at radius 3 is 0.849 bits per heavy atom. The van der Waals surface area contributed by atoms with Crippen LogP contribution in [-0.4, -0.2) is 0 Å². The molecule has 4 aliphatic heterocycles. The van der Waals surface area contributed by atoms with Crippen LogP contribution < -0.4 is 38.5 Å². The van der Waals surface area contributed by atoms with E-state index in [4.69, 9.17) is 18.9 Å². The highest BCUT2D eigenvalue weighted by atomic mass is 32.1. The second kappa shape index (κ2) is 26.7. The lowest BCUT2D eigenvalue weighted by molar-refractivity contribution is 0.476. The van der Waals surface area contributed by atoms with Gasteiger partial charge >= 0.3 is 0 Å². The topological polar surface area (TPSA) is 49.9 Å². The normalized spacial score (nSPS) is 13.1. The molecule has 564 valence electrons. The Balaban J connectivity index is 0.547. The molecular formula is C109H72N4O4S2. The summed E-state index contributed by atoms with van der Waals surface area (Å²) in [6.07, 6.45) is 0. The Bertz CT molecular complexity index is 7540. The van der Waals surface area contributed by atoms with Crippen LogP contribution in [0.2, 0.25) is 0 Å². The Morgan fingerprint density at radius 2 is 0.504 bits per heavy atom. The molecule has 8 nitrogen and oxygen atoms in total. The van der Waals surface area contributed by atoms with Gasteiger partial charge < -0.3 is 38.5 Å². The Kier molecular flexibility index (Phi) is 15.4. The van der Waals surface area contributed by atoms with Gasteiger partial charge in [0.1, 0.15) is 0 Å². The molecule has 4 aliphatic rings. The second-order valence-corrected chi connectivity index (χ2v) is 34.4. The SMILES string of the molecule is Cc1cc(-c2ccc(N3c4ccccc4Oc4cc(-c5ccc6c(c5)Oc5ccccc5N6c5ccc(-c6cc7ccccc7c7c6sc6c(-c8ccc(N9c%10ccccc%10Oc%10ccccc%109)cc8)cc(C(C)(C)C)cc67)cc5)ccc43)cc2)c2sc3c(-c4ccc(N5c6ccccc6Oc6ccccc65)cc4)cc4ccccc4c3c2c1. The van der Waals surface area contributed by atoms with Crippen LogP contribution in [0.5, 0.6) is 46.0 Å². The number of para-hydroxylation sites is 12. The van der Waals surface area contributed by atoms with Gasteiger partial charge in [0.15, 0.2) is 46.0 Å². The number of benzene rings is 18. The molecule has 0 atom stereocenters. The van der Waals surface area contributed by atoms with Gasteiger partial charge in [0.25, 0.3) is 0 Å². The van der Waals surface area contributed by atoms with Crippen molar-refractivity contribution >= 4 is 153 Å². The largest absolute Gasteiger partial charge is 0.453 e. The highest BCUT2D eigenvalue weighted by Crippen LogP contribution is 2.59. The van der Waals surface area contributed by atoms with Gasteiger partial charge in [0, 0.05) is 74.2 Å². The zero-order valence-electron chi connectivity index (χ0n) is 65.4. The summed E-state index contributed by atoms with van der Waals surface area (Å²) >= 11 is 3.80. The van der Waals surface area contributed by atoms with E-state index in [1.165, 1.54) is 106 Å². The van der Waals surface area contributed by atoms with Gasteiger partial charge in [-0.25, -0.2) is 0 Å². The van der Waals surface area contributed by atoms with E-state index in [1.54, 1.807) is 0 Å². The van der Waals surface area contributed by atoms with Crippen molar-refractivity contribution in [3.8, 4) is 102 Å². The second-order valence-electron chi connectivity index (χ2n) is 32.4. The van der Waals surface area contributed by atoms with E-state index in [1.807, 2.05) is 83.3 Å². The predicted octanol–water partition coefficient (Wildman–Crippen LogP) is 33.0. The maximum absolute atomic E-state index is 6.94. The van der Waals surface area contributed by atoms with Gasteiger partial charge in [-0.05, 0) is 272 Å². The molecule has 0 unspecified atom stereocenters. The summed E-state index contributed by atoms with van der Waals surface area (Å²) in [5.74, 6) is 6.44. The number of anilines is 12. The molecule has 119 heavy (non-hydrogen) atoms. The molecular weight excluding hydrogens is 1490 g/mol. The van der Waals surface area contributed by atoms with E-state index in [-0.39, 0.29) is 5.41 Å². The van der Waals surface area contributed by atoms with E-state index >= 15 is 0 Å². The van der Waals surface area contributed by atoms with E-state index in [2.05, 4.69) is 351 Å². The van der Waals surface area contributed by atoms with Gasteiger partial charge in [-0.3, -0.25) is 0 Å². The van der Waals surface area contributed by atoms with Gasteiger partial charge in [-0.2, -0.15) is 0 Å². The van der Waals surface area contributed by atoms with Crippen molar-refractivity contribution < 1.29 is 18.9 Å². The minimum atomic E-state index is -0.111. The summed E-state index contributed by atoms with van der Waals surface area (Å²) in [6.45, 7) is 9.21. The van der Waals surface area contributed by atoms with Crippen molar-refractivity contribution in [1.29, 1.82) is 0 Å². The first-order valence-corrected chi connectivity index (χ1v) is 42.1. The number of hydrogen-bond acceptors (Lipinski definition) is 10. The predicted molar refractivity (Wildman–Crippen MR) is 497 cm³/mol. The monoisotopic (exact) mass is 1560 g/mol. The molecule has 0 bridgehead atoms. The first kappa shape index (κ1) is 68.7. The molecule has 2 aromatic heterocycles. The quantitative estimate of drug-likeness (QED) is 0.142. The van der Waals surface area contributed by atoms with Gasteiger partial charge in [-0.15, -0.1) is 22.7 Å². The van der Waals surface area contributed by atoms with Crippen molar-refractivity contribution in [2.45, 2.75) is 33.1 Å². The molecule has 0 amide bonds. The molecule has 20 aromatic rings. The summed E-state index contributed by atoms with van der Waals surface area (Å²) in [5.41, 5.74) is 26.1. The maximum atomic E-state index is 6.94. The standard InChI is InChI=1S/C109H72N4O4S2/c1-65-57-81(105-85(58-65)103-79-23-7-5-21-72(79)59-82(107(103)118-105)67-39-49-75(50-40-67)110-87-25-9-15-31-95(87)114-96-32-16-10-26-88(96)110)66-37-47-77(48-38-66)112-91-29-13-19-35-99(91)116-101-61-70(45-55-93(101)112)71-46-56-94-102(62-71)117-100-36-20-14-30-92(100)113(94)78-51-41-68(42-52-78)83-60-73-22-6-8-24-80(73)104-86-64-74(109(2,3)4)63-84(106(86)119-108(83)104)69-43-53-76(54-44-69)111-89-27-11-17-33-97(89)115-98-34-18-12-28-90(98)111/h5-64H,1-4H3. The zero-order valence-corrected chi connectivity index (χ0v) is 67.0. The molecule has 0 N–H and O–H groups in total. The molecule has 0 fully saturated rings. The van der Waals surface area contributed by atoms with Crippen LogP contribution in [0.4, 0.5) is 68.2 Å². The lowest BCUT2D eigenvalue weighted by Crippen LogP contribution is -2.16. The summed E-state index contributed by atoms with van der Waals surface area (Å²) in [5, 5.41) is 10.1. The average molecular weight is 1570 g/mol. The van der Waals surface area contributed by atoms with Crippen molar-refractivity contribution in [3.63, 3.8) is 0 Å². The zero-order chi connectivity index (χ0) is 78.9. The summed E-state index contributed by atoms with van der Waals surface area (Å²) in [4.78, 5) is 9.28. The Labute approximate surface area is 696 Å². The van der Waals surface area contributed by atoms with Crippen molar-refractivity contribution in [1.82, 2.24) is 0 Å². The van der Waals surface area contributed by atoms with Crippen LogP contribution in [0.25, 0.3) is 118 Å². The highest BCUT2D eigenvalue weighted by molar-refractivity contribution is 7.27. The lowest BCUT2D eigenvalue weighted by atomic mass is 9.84. The number of nitrogens with zero attached hydrogens (tertiary/aromatic N) is 4. The third kappa shape index (κ3) is 11.1. The average Bonchev–Trinajstić information content (AvgIpc) is 1.72. The summed E-state index contributed by atoms with van der Waals surface area (Å²) in [6, 6.07) is 132. The van der Waals surface area contributed by atoms with Crippen molar-refractivity contribution in [2.75, 3.05) is 19.6 Å². The number of aryl methyl sites for hydroxylation is 1. The number of rotatable bonds is 9. The third-order valence-electron chi connectivity index (χ3n) is 24.1. The molecule has 0 radical (unpaired) electrons.